The highest BCUT2D eigenvalue weighted by Gasteiger charge is 2.45. The van der Waals surface area contributed by atoms with Crippen LogP contribution in [0, 0.1) is 25.7 Å². The van der Waals surface area contributed by atoms with Crippen molar-refractivity contribution in [2.24, 2.45) is 11.8 Å². The third kappa shape index (κ3) is 3.30. The van der Waals surface area contributed by atoms with Crippen LogP contribution in [0.1, 0.15) is 41.9 Å². The van der Waals surface area contributed by atoms with Crippen molar-refractivity contribution in [3.8, 4) is 0 Å². The van der Waals surface area contributed by atoms with Crippen molar-refractivity contribution in [2.75, 3.05) is 0 Å². The lowest BCUT2D eigenvalue weighted by Crippen LogP contribution is -2.40. The van der Waals surface area contributed by atoms with Gasteiger partial charge in [0.2, 0.25) is 5.91 Å². The maximum absolute atomic E-state index is 12.9. The van der Waals surface area contributed by atoms with Gasteiger partial charge in [0.25, 0.3) is 0 Å². The number of imidazole rings is 1. The van der Waals surface area contributed by atoms with Gasteiger partial charge < -0.3 is 9.88 Å². The lowest BCUT2D eigenvalue weighted by molar-refractivity contribution is -0.123. The lowest BCUT2D eigenvalue weighted by Gasteiger charge is -2.20. The molecule has 1 N–H and O–H groups in total. The lowest BCUT2D eigenvalue weighted by atomic mass is 10.1. The van der Waals surface area contributed by atoms with Gasteiger partial charge in [0, 0.05) is 30.9 Å². The summed E-state index contributed by atoms with van der Waals surface area (Å²) in [5.74, 6) is 1.20. The zero-order chi connectivity index (χ0) is 19.3. The maximum atomic E-state index is 12.9. The summed E-state index contributed by atoms with van der Waals surface area (Å²) in [5.41, 5.74) is 5.90. The molecule has 3 atom stereocenters. The SMILES string of the molecule is Cc1cc2ncn(C[C@H](NC(=O)[C@H]3C[C@@H]3c3cccnc3)C3CC3)c2cc1C. The van der Waals surface area contributed by atoms with Gasteiger partial charge in [-0.3, -0.25) is 9.78 Å². The van der Waals surface area contributed by atoms with Gasteiger partial charge in [0.05, 0.1) is 17.4 Å². The highest BCUT2D eigenvalue weighted by Crippen LogP contribution is 2.47. The van der Waals surface area contributed by atoms with Crippen LogP contribution in [0.5, 0.6) is 0 Å². The highest BCUT2D eigenvalue weighted by molar-refractivity contribution is 5.83. The van der Waals surface area contributed by atoms with Crippen LogP contribution in [0.2, 0.25) is 0 Å². The van der Waals surface area contributed by atoms with Gasteiger partial charge in [-0.2, -0.15) is 0 Å². The van der Waals surface area contributed by atoms with Crippen LogP contribution in [0.3, 0.4) is 0 Å². The number of carbonyl (C=O) groups excluding carboxylic acids is 1. The molecule has 0 unspecified atom stereocenters. The first kappa shape index (κ1) is 17.4. The Morgan fingerprint density at radius 2 is 2.11 bits per heavy atom. The molecule has 2 saturated carbocycles. The van der Waals surface area contributed by atoms with Gasteiger partial charge in [-0.1, -0.05) is 6.07 Å². The van der Waals surface area contributed by atoms with Crippen molar-refractivity contribution in [3.05, 3.63) is 59.7 Å². The number of nitrogens with zero attached hydrogens (tertiary/aromatic N) is 3. The Bertz CT molecular complexity index is 1020. The molecule has 2 aliphatic carbocycles. The second kappa shape index (κ2) is 6.73. The first-order valence-electron chi connectivity index (χ1n) is 10.2. The van der Waals surface area contributed by atoms with Crippen LogP contribution in [-0.2, 0) is 11.3 Å². The first-order valence-corrected chi connectivity index (χ1v) is 10.2. The van der Waals surface area contributed by atoms with Crippen LogP contribution in [0.15, 0.2) is 43.0 Å². The van der Waals surface area contributed by atoms with E-state index in [9.17, 15) is 4.79 Å². The van der Waals surface area contributed by atoms with E-state index < -0.39 is 0 Å². The van der Waals surface area contributed by atoms with Crippen LogP contribution in [0.25, 0.3) is 11.0 Å². The molecule has 5 rings (SSSR count). The van der Waals surface area contributed by atoms with Crippen LogP contribution in [0.4, 0.5) is 0 Å². The van der Waals surface area contributed by atoms with Crippen LogP contribution >= 0.6 is 0 Å². The molecule has 0 aliphatic heterocycles. The Hall–Kier alpha value is -2.69. The highest BCUT2D eigenvalue weighted by atomic mass is 16.2. The number of carbonyl (C=O) groups is 1. The smallest absolute Gasteiger partial charge is 0.224 e. The number of fused-ring (bicyclic) bond motifs is 1. The van der Waals surface area contributed by atoms with Gasteiger partial charge in [0.1, 0.15) is 0 Å². The van der Waals surface area contributed by atoms with E-state index in [0.717, 1.165) is 24.0 Å². The minimum atomic E-state index is 0.0925. The summed E-state index contributed by atoms with van der Waals surface area (Å²) in [6, 6.07) is 8.56. The number of aromatic nitrogens is 3. The number of hydrogen-bond donors (Lipinski definition) is 1. The molecular weight excluding hydrogens is 348 g/mol. The second-order valence-electron chi connectivity index (χ2n) is 8.51. The molecule has 3 aromatic rings. The van der Waals surface area contributed by atoms with E-state index in [4.69, 9.17) is 0 Å². The number of hydrogen-bond acceptors (Lipinski definition) is 3. The fraction of sp³-hybridized carbons (Fsp3) is 0.435. The van der Waals surface area contributed by atoms with Crippen LogP contribution in [-0.4, -0.2) is 26.5 Å². The van der Waals surface area contributed by atoms with Gasteiger partial charge in [-0.05, 0) is 79.8 Å². The third-order valence-corrected chi connectivity index (χ3v) is 6.39. The molecule has 5 heteroatoms. The molecule has 2 heterocycles. The summed E-state index contributed by atoms with van der Waals surface area (Å²) in [5, 5.41) is 3.36. The number of aryl methyl sites for hydroxylation is 2. The van der Waals surface area contributed by atoms with E-state index in [1.54, 1.807) is 6.20 Å². The zero-order valence-corrected chi connectivity index (χ0v) is 16.4. The first-order chi connectivity index (χ1) is 13.6. The topological polar surface area (TPSA) is 59.8 Å². The molecule has 2 aliphatic rings. The molecule has 1 amide bonds. The summed E-state index contributed by atoms with van der Waals surface area (Å²) in [7, 11) is 0. The van der Waals surface area contributed by atoms with Crippen molar-refractivity contribution < 1.29 is 4.79 Å². The Kier molecular flexibility index (Phi) is 4.18. The second-order valence-corrected chi connectivity index (χ2v) is 8.51. The average molecular weight is 374 g/mol. The molecule has 0 saturated heterocycles. The molecule has 144 valence electrons. The van der Waals surface area contributed by atoms with Crippen molar-refractivity contribution >= 4 is 16.9 Å². The van der Waals surface area contributed by atoms with Gasteiger partial charge in [0.15, 0.2) is 0 Å². The molecular formula is C23H26N4O. The normalized spacial score (nSPS) is 22.2. The van der Waals surface area contributed by atoms with Gasteiger partial charge in [-0.25, -0.2) is 4.98 Å². The Morgan fingerprint density at radius 1 is 1.29 bits per heavy atom. The van der Waals surface area contributed by atoms with Crippen LogP contribution < -0.4 is 5.32 Å². The predicted molar refractivity (Wildman–Crippen MR) is 109 cm³/mol. The van der Waals surface area contributed by atoms with Crippen molar-refractivity contribution in [1.82, 2.24) is 19.9 Å². The Balaban J connectivity index is 1.30. The molecule has 5 nitrogen and oxygen atoms in total. The molecule has 0 bridgehead atoms. The molecule has 1 aromatic carbocycles. The van der Waals surface area contributed by atoms with Gasteiger partial charge >= 0.3 is 0 Å². The number of nitrogens with one attached hydrogen (secondary N) is 1. The minimum Gasteiger partial charge on any atom is -0.351 e. The van der Waals surface area contributed by atoms with E-state index in [0.29, 0.717) is 11.8 Å². The van der Waals surface area contributed by atoms with E-state index in [2.05, 4.69) is 51.9 Å². The molecule has 0 radical (unpaired) electrons. The predicted octanol–water partition coefficient (Wildman–Crippen LogP) is 3.75. The van der Waals surface area contributed by atoms with Crippen molar-refractivity contribution in [2.45, 2.75) is 51.6 Å². The molecule has 2 aromatic heterocycles. The summed E-state index contributed by atoms with van der Waals surface area (Å²) in [6.45, 7) is 5.05. The number of rotatable bonds is 6. The maximum Gasteiger partial charge on any atom is 0.224 e. The third-order valence-electron chi connectivity index (χ3n) is 6.39. The van der Waals surface area contributed by atoms with Crippen molar-refractivity contribution in [1.29, 1.82) is 0 Å². The van der Waals surface area contributed by atoms with E-state index >= 15 is 0 Å². The fourth-order valence-electron chi connectivity index (χ4n) is 4.22. The Morgan fingerprint density at radius 3 is 2.86 bits per heavy atom. The standard InChI is InChI=1S/C23H26N4O/c1-14-8-20-22(9-15(14)2)27(13-25-20)12-21(16-5-6-16)26-23(28)19-10-18(19)17-4-3-7-24-11-17/h3-4,7-9,11,13,16,18-19,21H,5-6,10,12H2,1-2H3,(H,26,28)/t18-,19+,21+/m1/s1. The van der Waals surface area contributed by atoms with Gasteiger partial charge in [-0.15, -0.1) is 0 Å². The minimum absolute atomic E-state index is 0.0925. The summed E-state index contributed by atoms with van der Waals surface area (Å²) < 4.78 is 2.20. The molecule has 28 heavy (non-hydrogen) atoms. The van der Waals surface area contributed by atoms with E-state index in [1.165, 1.54) is 29.5 Å². The van der Waals surface area contributed by atoms with E-state index in [-0.39, 0.29) is 17.9 Å². The monoisotopic (exact) mass is 374 g/mol. The Labute approximate surface area is 165 Å². The number of benzene rings is 1. The van der Waals surface area contributed by atoms with Crippen molar-refractivity contribution in [3.63, 3.8) is 0 Å². The average Bonchev–Trinajstić information content (AvgIpc) is 3.61. The summed E-state index contributed by atoms with van der Waals surface area (Å²) >= 11 is 0. The summed E-state index contributed by atoms with van der Waals surface area (Å²) in [4.78, 5) is 21.6. The fourth-order valence-corrected chi connectivity index (χ4v) is 4.22. The zero-order valence-electron chi connectivity index (χ0n) is 16.4. The molecule has 2 fully saturated rings. The largest absolute Gasteiger partial charge is 0.351 e. The quantitative estimate of drug-likeness (QED) is 0.715. The molecule has 0 spiro atoms. The number of pyridine rings is 1. The summed E-state index contributed by atoms with van der Waals surface area (Å²) in [6.07, 6.45) is 8.92. The number of amides is 1. The van der Waals surface area contributed by atoms with E-state index in [1.807, 2.05) is 18.6 Å².